The van der Waals surface area contributed by atoms with Crippen molar-refractivity contribution >= 4 is 43.6 Å². The van der Waals surface area contributed by atoms with E-state index in [0.717, 1.165) is 11.4 Å². The molecular weight excluding hydrogens is 761 g/mol. The topological polar surface area (TPSA) is 9.86 Å². The Morgan fingerprint density at radius 1 is 0.254 bits per heavy atom. The lowest BCUT2D eigenvalue weighted by Gasteiger charge is -2.34. The van der Waals surface area contributed by atoms with Gasteiger partial charge in [-0.05, 0) is 116 Å². The highest BCUT2D eigenvalue weighted by Gasteiger charge is 2.46. The Hall–Kier alpha value is -8.20. The van der Waals surface area contributed by atoms with Crippen molar-refractivity contribution in [2.24, 2.45) is 0 Å². The smallest absolute Gasteiger partial charge is 0.0714 e. The second kappa shape index (κ2) is 13.9. The number of fused-ring (bicyclic) bond motifs is 9. The number of para-hydroxylation sites is 2. The van der Waals surface area contributed by atoms with Crippen LogP contribution >= 0.6 is 0 Å². The van der Waals surface area contributed by atoms with Crippen LogP contribution in [-0.2, 0) is 5.41 Å². The fraction of sp³-hybridized carbons (Fsp3) is 0.0164. The highest BCUT2D eigenvalue weighted by Crippen LogP contribution is 2.56. The third-order valence-electron chi connectivity index (χ3n) is 13.6. The highest BCUT2D eigenvalue weighted by atomic mass is 15.0. The summed E-state index contributed by atoms with van der Waals surface area (Å²) in [5, 5.41) is 4.97. The van der Waals surface area contributed by atoms with E-state index in [-0.39, 0.29) is 0 Å². The minimum Gasteiger partial charge on any atom is -0.309 e. The molecule has 2 aromatic heterocycles. The number of hydrogen-bond donors (Lipinski definition) is 0. The third kappa shape index (κ3) is 5.25. The molecule has 13 rings (SSSR count). The molecule has 2 nitrogen and oxygen atoms in total. The molecule has 2 heterocycles. The van der Waals surface area contributed by atoms with Crippen LogP contribution in [0.3, 0.4) is 0 Å². The third-order valence-corrected chi connectivity index (χ3v) is 13.6. The van der Waals surface area contributed by atoms with Crippen molar-refractivity contribution in [3.8, 4) is 44.8 Å². The van der Waals surface area contributed by atoms with Crippen molar-refractivity contribution in [3.63, 3.8) is 0 Å². The standard InChI is InChI=1S/C61H40N2/c1-3-17-41(18-4-1)42-19-15-23-47(37-42)62-57-31-13-9-27-51(57)53-38-43(33-35-59(53)62)44-34-36-60-54(39-44)52-28-10-14-32-58(52)63(60)48-24-16-22-46(40-48)61(45-20-5-2-6-21-45)55-29-11-7-25-49(55)50-26-8-12-30-56(50)61/h1-40H. The zero-order valence-electron chi connectivity index (χ0n) is 34.5. The van der Waals surface area contributed by atoms with Gasteiger partial charge in [-0.3, -0.25) is 0 Å². The SMILES string of the molecule is c1ccc(-c2cccc(-n3c4ccccc4c4cc(-c5ccc6c(c5)c5ccccc5n6-c5cccc(C6(c7ccccc7)c7ccccc7-c7ccccc76)c5)ccc43)c2)cc1. The van der Waals surface area contributed by atoms with Gasteiger partial charge in [0, 0.05) is 32.9 Å². The summed E-state index contributed by atoms with van der Waals surface area (Å²) in [6.45, 7) is 0. The van der Waals surface area contributed by atoms with Crippen molar-refractivity contribution in [3.05, 3.63) is 265 Å². The van der Waals surface area contributed by atoms with E-state index in [4.69, 9.17) is 0 Å². The molecule has 0 unspecified atom stereocenters. The first-order valence-corrected chi connectivity index (χ1v) is 21.8. The number of rotatable bonds is 6. The Morgan fingerprint density at radius 3 is 1.29 bits per heavy atom. The highest BCUT2D eigenvalue weighted by molar-refractivity contribution is 6.12. The zero-order valence-corrected chi connectivity index (χ0v) is 34.5. The summed E-state index contributed by atoms with van der Waals surface area (Å²) < 4.78 is 4.88. The average Bonchev–Trinajstić information content (AvgIpc) is 3.98. The van der Waals surface area contributed by atoms with Crippen LogP contribution in [0.1, 0.15) is 22.3 Å². The van der Waals surface area contributed by atoms with Crippen molar-refractivity contribution < 1.29 is 0 Å². The van der Waals surface area contributed by atoms with Crippen molar-refractivity contribution in [2.45, 2.75) is 5.41 Å². The van der Waals surface area contributed by atoms with Gasteiger partial charge < -0.3 is 9.13 Å². The van der Waals surface area contributed by atoms with Crippen LogP contribution in [0.2, 0.25) is 0 Å². The summed E-state index contributed by atoms with van der Waals surface area (Å²) in [6.07, 6.45) is 0. The average molecular weight is 801 g/mol. The van der Waals surface area contributed by atoms with E-state index in [1.165, 1.54) is 99.2 Å². The second-order valence-corrected chi connectivity index (χ2v) is 16.8. The molecule has 0 atom stereocenters. The van der Waals surface area contributed by atoms with Gasteiger partial charge in [0.1, 0.15) is 0 Å². The largest absolute Gasteiger partial charge is 0.309 e. The van der Waals surface area contributed by atoms with Crippen molar-refractivity contribution in [1.29, 1.82) is 0 Å². The molecule has 10 aromatic carbocycles. The Morgan fingerprint density at radius 2 is 0.683 bits per heavy atom. The van der Waals surface area contributed by atoms with Gasteiger partial charge >= 0.3 is 0 Å². The first-order chi connectivity index (χ1) is 31.3. The number of hydrogen-bond acceptors (Lipinski definition) is 0. The minimum atomic E-state index is -0.469. The van der Waals surface area contributed by atoms with Crippen LogP contribution in [0.4, 0.5) is 0 Å². The van der Waals surface area contributed by atoms with Crippen LogP contribution in [0.5, 0.6) is 0 Å². The lowest BCUT2D eigenvalue weighted by molar-refractivity contribution is 0.767. The number of aromatic nitrogens is 2. The fourth-order valence-electron chi connectivity index (χ4n) is 10.9. The molecule has 2 heteroatoms. The van der Waals surface area contributed by atoms with E-state index in [9.17, 15) is 0 Å². The van der Waals surface area contributed by atoms with Gasteiger partial charge in [0.15, 0.2) is 0 Å². The minimum absolute atomic E-state index is 0.469. The predicted molar refractivity (Wildman–Crippen MR) is 263 cm³/mol. The van der Waals surface area contributed by atoms with Crippen LogP contribution in [-0.4, -0.2) is 9.13 Å². The maximum Gasteiger partial charge on any atom is 0.0714 e. The maximum absolute atomic E-state index is 2.46. The first-order valence-electron chi connectivity index (χ1n) is 21.8. The molecule has 0 aliphatic heterocycles. The molecule has 0 fully saturated rings. The van der Waals surface area contributed by atoms with Gasteiger partial charge in [-0.1, -0.05) is 182 Å². The van der Waals surface area contributed by atoms with E-state index >= 15 is 0 Å². The normalized spacial score (nSPS) is 12.9. The molecular formula is C61H40N2. The van der Waals surface area contributed by atoms with E-state index in [0.29, 0.717) is 0 Å². The lowest BCUT2D eigenvalue weighted by Crippen LogP contribution is -2.28. The van der Waals surface area contributed by atoms with Gasteiger partial charge in [-0.25, -0.2) is 0 Å². The van der Waals surface area contributed by atoms with E-state index < -0.39 is 5.41 Å². The van der Waals surface area contributed by atoms with Crippen molar-refractivity contribution in [1.82, 2.24) is 9.13 Å². The van der Waals surface area contributed by atoms with Crippen molar-refractivity contribution in [2.75, 3.05) is 0 Å². The van der Waals surface area contributed by atoms with Gasteiger partial charge in [0.05, 0.1) is 27.5 Å². The summed E-state index contributed by atoms with van der Waals surface area (Å²) in [6, 6.07) is 89.5. The van der Waals surface area contributed by atoms with Crippen LogP contribution in [0, 0.1) is 0 Å². The number of benzene rings is 10. The molecule has 1 aliphatic rings. The monoisotopic (exact) mass is 800 g/mol. The molecule has 12 aromatic rings. The summed E-state index contributed by atoms with van der Waals surface area (Å²) in [7, 11) is 0. The van der Waals surface area contributed by atoms with Crippen LogP contribution < -0.4 is 0 Å². The van der Waals surface area contributed by atoms with Gasteiger partial charge in [0.2, 0.25) is 0 Å². The molecule has 0 saturated heterocycles. The molecule has 0 spiro atoms. The molecule has 0 bridgehead atoms. The van der Waals surface area contributed by atoms with E-state index in [2.05, 4.69) is 252 Å². The van der Waals surface area contributed by atoms with Gasteiger partial charge in [-0.15, -0.1) is 0 Å². The van der Waals surface area contributed by atoms with Gasteiger partial charge in [-0.2, -0.15) is 0 Å². The first kappa shape index (κ1) is 35.5. The van der Waals surface area contributed by atoms with Gasteiger partial charge in [0.25, 0.3) is 0 Å². The Bertz CT molecular complexity index is 3690. The van der Waals surface area contributed by atoms with E-state index in [1.54, 1.807) is 0 Å². The Labute approximate surface area is 366 Å². The summed E-state index contributed by atoms with van der Waals surface area (Å²) in [4.78, 5) is 0. The number of nitrogens with zero attached hydrogens (tertiary/aromatic N) is 2. The molecule has 0 saturated carbocycles. The Balaban J connectivity index is 0.968. The van der Waals surface area contributed by atoms with Crippen LogP contribution in [0.25, 0.3) is 88.4 Å². The molecule has 63 heavy (non-hydrogen) atoms. The molecule has 0 amide bonds. The second-order valence-electron chi connectivity index (χ2n) is 16.8. The Kier molecular flexibility index (Phi) is 7.85. The van der Waals surface area contributed by atoms with E-state index in [1.807, 2.05) is 0 Å². The summed E-state index contributed by atoms with van der Waals surface area (Å²) in [5.74, 6) is 0. The molecule has 294 valence electrons. The zero-order chi connectivity index (χ0) is 41.5. The summed E-state index contributed by atoms with van der Waals surface area (Å²) >= 11 is 0. The molecule has 0 N–H and O–H groups in total. The maximum atomic E-state index is 2.46. The fourth-order valence-corrected chi connectivity index (χ4v) is 10.9. The quantitative estimate of drug-likeness (QED) is 0.159. The molecule has 1 aliphatic carbocycles. The molecule has 0 radical (unpaired) electrons. The predicted octanol–water partition coefficient (Wildman–Crippen LogP) is 15.6. The summed E-state index contributed by atoms with van der Waals surface area (Å²) in [5.41, 5.74) is 19.2. The van der Waals surface area contributed by atoms with Crippen LogP contribution in [0.15, 0.2) is 243 Å². The lowest BCUT2D eigenvalue weighted by atomic mass is 9.67.